The van der Waals surface area contributed by atoms with Crippen molar-refractivity contribution in [3.63, 3.8) is 0 Å². The average Bonchev–Trinajstić information content (AvgIpc) is 2.44. The molecule has 0 spiro atoms. The van der Waals surface area contributed by atoms with Crippen LogP contribution in [-0.2, 0) is 16.0 Å². The average molecular weight is 374 g/mol. The molecule has 0 heterocycles. The molecule has 1 atom stereocenters. The Labute approximate surface area is 151 Å². The van der Waals surface area contributed by atoms with Gasteiger partial charge in [0.2, 0.25) is 0 Å². The molecule has 0 aromatic heterocycles. The van der Waals surface area contributed by atoms with Crippen LogP contribution in [0.1, 0.15) is 26.3 Å². The van der Waals surface area contributed by atoms with Crippen molar-refractivity contribution < 1.29 is 19.4 Å². The van der Waals surface area contributed by atoms with Crippen molar-refractivity contribution in [2.24, 2.45) is 0 Å². The molecule has 5 nitrogen and oxygen atoms in total. The van der Waals surface area contributed by atoms with Crippen LogP contribution in [0, 0.1) is 0 Å². The highest BCUT2D eigenvalue weighted by molar-refractivity contribution is 6.42. The van der Waals surface area contributed by atoms with Crippen LogP contribution in [0.15, 0.2) is 30.4 Å². The van der Waals surface area contributed by atoms with Crippen molar-refractivity contribution in [3.05, 3.63) is 46.0 Å². The van der Waals surface area contributed by atoms with Crippen LogP contribution in [0.2, 0.25) is 10.0 Å². The van der Waals surface area contributed by atoms with Crippen LogP contribution in [0.4, 0.5) is 4.79 Å². The number of ether oxygens (including phenoxy) is 1. The molecule has 0 unspecified atom stereocenters. The Balaban J connectivity index is 3.00. The number of rotatable bonds is 5. The quantitative estimate of drug-likeness (QED) is 0.776. The van der Waals surface area contributed by atoms with Crippen LogP contribution in [0.25, 0.3) is 0 Å². The van der Waals surface area contributed by atoms with Crippen molar-refractivity contribution >= 4 is 35.3 Å². The summed E-state index contributed by atoms with van der Waals surface area (Å²) in [5.74, 6) is -1.09. The van der Waals surface area contributed by atoms with Crippen LogP contribution in [0.3, 0.4) is 0 Å². The molecule has 0 saturated heterocycles. The molecule has 0 aliphatic heterocycles. The summed E-state index contributed by atoms with van der Waals surface area (Å²) in [7, 11) is 1.56. The second kappa shape index (κ2) is 8.40. The summed E-state index contributed by atoms with van der Waals surface area (Å²) < 4.78 is 5.33. The smallest absolute Gasteiger partial charge is 0.410 e. The number of benzene rings is 1. The van der Waals surface area contributed by atoms with E-state index in [0.29, 0.717) is 16.5 Å². The normalized spacial score (nSPS) is 12.9. The Hall–Kier alpha value is -1.72. The van der Waals surface area contributed by atoms with E-state index in [4.69, 9.17) is 33.0 Å². The zero-order valence-electron chi connectivity index (χ0n) is 14.0. The maximum Gasteiger partial charge on any atom is 0.410 e. The number of aliphatic carboxylic acids is 1. The molecule has 24 heavy (non-hydrogen) atoms. The van der Waals surface area contributed by atoms with E-state index in [1.807, 2.05) is 0 Å². The van der Waals surface area contributed by atoms with Gasteiger partial charge in [0.05, 0.1) is 16.1 Å². The molecule has 1 aromatic rings. The summed E-state index contributed by atoms with van der Waals surface area (Å²) in [5.41, 5.74) is 0.176. The van der Waals surface area contributed by atoms with Crippen molar-refractivity contribution in [3.8, 4) is 0 Å². The topological polar surface area (TPSA) is 66.8 Å². The molecule has 0 aliphatic rings. The largest absolute Gasteiger partial charge is 0.478 e. The fraction of sp³-hybridized carbons (Fsp3) is 0.412. The summed E-state index contributed by atoms with van der Waals surface area (Å²) in [6, 6.07) is 4.62. The molecule has 7 heteroatoms. The highest BCUT2D eigenvalue weighted by atomic mass is 35.5. The van der Waals surface area contributed by atoms with Gasteiger partial charge in [-0.2, -0.15) is 0 Å². The van der Waals surface area contributed by atoms with E-state index in [2.05, 4.69) is 0 Å². The SMILES string of the molecule is CN(C(=O)OC(C)(C)C)[C@@H](/C=C/C(=O)O)Cc1ccc(Cl)c(Cl)c1. The molecular weight excluding hydrogens is 353 g/mol. The van der Waals surface area contributed by atoms with Gasteiger partial charge in [-0.05, 0) is 44.9 Å². The first-order chi connectivity index (χ1) is 11.0. The maximum absolute atomic E-state index is 12.2. The van der Waals surface area contributed by atoms with Gasteiger partial charge in [0.1, 0.15) is 5.60 Å². The van der Waals surface area contributed by atoms with Gasteiger partial charge in [-0.3, -0.25) is 0 Å². The monoisotopic (exact) mass is 373 g/mol. The number of nitrogens with zero attached hydrogens (tertiary/aromatic N) is 1. The lowest BCUT2D eigenvalue weighted by molar-refractivity contribution is -0.131. The van der Waals surface area contributed by atoms with E-state index in [-0.39, 0.29) is 0 Å². The fourth-order valence-electron chi connectivity index (χ4n) is 1.90. The number of carboxylic acid groups (broad SMARTS) is 1. The van der Waals surface area contributed by atoms with Gasteiger partial charge < -0.3 is 14.7 Å². The molecule has 1 amide bonds. The van der Waals surface area contributed by atoms with E-state index < -0.39 is 23.7 Å². The minimum absolute atomic E-state index is 0.371. The third-order valence-corrected chi connectivity index (χ3v) is 3.81. The predicted octanol–water partition coefficient (Wildman–Crippen LogP) is 4.41. The van der Waals surface area contributed by atoms with E-state index in [9.17, 15) is 9.59 Å². The predicted molar refractivity (Wildman–Crippen MR) is 94.7 cm³/mol. The van der Waals surface area contributed by atoms with Gasteiger partial charge in [-0.1, -0.05) is 35.3 Å². The molecule has 0 radical (unpaired) electrons. The van der Waals surface area contributed by atoms with E-state index in [1.165, 1.54) is 11.0 Å². The number of amides is 1. The van der Waals surface area contributed by atoms with Crippen molar-refractivity contribution in [1.82, 2.24) is 4.90 Å². The van der Waals surface area contributed by atoms with Crippen molar-refractivity contribution in [2.45, 2.75) is 38.8 Å². The number of hydrogen-bond donors (Lipinski definition) is 1. The van der Waals surface area contributed by atoms with Gasteiger partial charge in [0.15, 0.2) is 0 Å². The van der Waals surface area contributed by atoms with E-state index in [0.717, 1.165) is 11.6 Å². The minimum Gasteiger partial charge on any atom is -0.478 e. The zero-order chi connectivity index (χ0) is 18.5. The van der Waals surface area contributed by atoms with Crippen LogP contribution in [-0.4, -0.2) is 40.8 Å². The fourth-order valence-corrected chi connectivity index (χ4v) is 2.23. The maximum atomic E-state index is 12.2. The molecule has 1 rings (SSSR count). The van der Waals surface area contributed by atoms with Gasteiger partial charge in [0, 0.05) is 13.1 Å². The Kier molecular flexibility index (Phi) is 7.11. The highest BCUT2D eigenvalue weighted by Gasteiger charge is 2.24. The number of hydrogen-bond acceptors (Lipinski definition) is 3. The lowest BCUT2D eigenvalue weighted by Gasteiger charge is -2.29. The van der Waals surface area contributed by atoms with E-state index in [1.54, 1.807) is 46.0 Å². The number of carboxylic acids is 1. The summed E-state index contributed by atoms with van der Waals surface area (Å²) in [5, 5.41) is 9.68. The van der Waals surface area contributed by atoms with Crippen molar-refractivity contribution in [1.29, 1.82) is 0 Å². The first kappa shape index (κ1) is 20.3. The molecule has 0 aliphatic carbocycles. The second-order valence-corrected chi connectivity index (χ2v) is 7.12. The van der Waals surface area contributed by atoms with Crippen molar-refractivity contribution in [2.75, 3.05) is 7.05 Å². The molecule has 0 bridgehead atoms. The number of likely N-dealkylation sites (N-methyl/N-ethyl adjacent to an activating group) is 1. The number of halogens is 2. The molecular formula is C17H21Cl2NO4. The van der Waals surface area contributed by atoms with Crippen LogP contribution >= 0.6 is 23.2 Å². The first-order valence-corrected chi connectivity index (χ1v) is 8.06. The minimum atomic E-state index is -1.09. The number of carbonyl (C=O) groups excluding carboxylic acids is 1. The summed E-state index contributed by atoms with van der Waals surface area (Å²) in [6.45, 7) is 5.29. The Bertz CT molecular complexity index is 638. The summed E-state index contributed by atoms with van der Waals surface area (Å²) in [4.78, 5) is 24.4. The molecule has 0 saturated carbocycles. The Morgan fingerprint density at radius 1 is 1.29 bits per heavy atom. The molecule has 0 fully saturated rings. The lowest BCUT2D eigenvalue weighted by Crippen LogP contribution is -2.41. The Morgan fingerprint density at radius 2 is 1.92 bits per heavy atom. The third-order valence-electron chi connectivity index (χ3n) is 3.07. The van der Waals surface area contributed by atoms with E-state index >= 15 is 0 Å². The Morgan fingerprint density at radius 3 is 2.42 bits per heavy atom. The summed E-state index contributed by atoms with van der Waals surface area (Å²) >= 11 is 11.9. The van der Waals surface area contributed by atoms with Gasteiger partial charge >= 0.3 is 12.1 Å². The van der Waals surface area contributed by atoms with Gasteiger partial charge in [0.25, 0.3) is 0 Å². The number of carbonyl (C=O) groups is 2. The zero-order valence-corrected chi connectivity index (χ0v) is 15.6. The third kappa shape index (κ3) is 6.81. The summed E-state index contributed by atoms with van der Waals surface area (Å²) in [6.07, 6.45) is 2.27. The molecule has 132 valence electrons. The lowest BCUT2D eigenvalue weighted by atomic mass is 10.0. The van der Waals surface area contributed by atoms with Gasteiger partial charge in [-0.15, -0.1) is 0 Å². The van der Waals surface area contributed by atoms with Gasteiger partial charge in [-0.25, -0.2) is 9.59 Å². The highest BCUT2D eigenvalue weighted by Crippen LogP contribution is 2.24. The molecule has 1 N–H and O–H groups in total. The second-order valence-electron chi connectivity index (χ2n) is 6.31. The standard InChI is InChI=1S/C17H21Cl2NO4/c1-17(2,3)24-16(23)20(4)12(6-8-15(21)22)9-11-5-7-13(18)14(19)10-11/h5-8,10,12H,9H2,1-4H3,(H,21,22)/b8-6+/t12-/m0/s1. The molecule has 1 aromatic carbocycles. The van der Waals surface area contributed by atoms with Crippen LogP contribution in [0.5, 0.6) is 0 Å². The first-order valence-electron chi connectivity index (χ1n) is 7.30. The van der Waals surface area contributed by atoms with Crippen LogP contribution < -0.4 is 0 Å².